The molecule has 3 nitrogen and oxygen atoms in total. The number of likely N-dealkylation sites (tertiary alicyclic amines) is 1. The van der Waals surface area contributed by atoms with E-state index < -0.39 is 0 Å². The molecule has 1 heterocycles. The van der Waals surface area contributed by atoms with E-state index in [0.717, 1.165) is 31.5 Å². The number of piperidine rings is 1. The second-order valence-corrected chi connectivity index (χ2v) is 4.78. The summed E-state index contributed by atoms with van der Waals surface area (Å²) in [6.07, 6.45) is 2.21. The number of rotatable bonds is 2. The van der Waals surface area contributed by atoms with E-state index in [1.54, 1.807) is 18.2 Å². The molecule has 1 unspecified atom stereocenters. The van der Waals surface area contributed by atoms with Crippen LogP contribution < -0.4 is 5.73 Å². The van der Waals surface area contributed by atoms with Gasteiger partial charge in [0, 0.05) is 29.7 Å². The van der Waals surface area contributed by atoms with Gasteiger partial charge in [-0.15, -0.1) is 0 Å². The van der Waals surface area contributed by atoms with E-state index in [1.807, 2.05) is 0 Å². The summed E-state index contributed by atoms with van der Waals surface area (Å²) >= 11 is 6.07. The van der Waals surface area contributed by atoms with Gasteiger partial charge >= 0.3 is 0 Å². The normalized spacial score (nSPS) is 22.2. The van der Waals surface area contributed by atoms with Crippen molar-refractivity contribution in [2.45, 2.75) is 25.4 Å². The van der Waals surface area contributed by atoms with Crippen LogP contribution in [0.25, 0.3) is 0 Å². The molecule has 0 aliphatic carbocycles. The van der Waals surface area contributed by atoms with Crippen molar-refractivity contribution in [2.75, 3.05) is 13.1 Å². The molecule has 1 fully saturated rings. The van der Waals surface area contributed by atoms with Gasteiger partial charge in [0.1, 0.15) is 5.75 Å². The third-order valence-electron chi connectivity index (χ3n) is 3.02. The minimum Gasteiger partial charge on any atom is -0.508 e. The maximum atomic E-state index is 9.75. The fraction of sp³-hybridized carbons (Fsp3) is 0.500. The van der Waals surface area contributed by atoms with Gasteiger partial charge in [0.2, 0.25) is 0 Å². The second kappa shape index (κ2) is 5.04. The first-order valence-electron chi connectivity index (χ1n) is 5.61. The molecule has 1 atom stereocenters. The van der Waals surface area contributed by atoms with E-state index in [4.69, 9.17) is 17.3 Å². The summed E-state index contributed by atoms with van der Waals surface area (Å²) in [7, 11) is 0. The van der Waals surface area contributed by atoms with Gasteiger partial charge in [-0.1, -0.05) is 17.7 Å². The van der Waals surface area contributed by atoms with E-state index >= 15 is 0 Å². The van der Waals surface area contributed by atoms with Crippen molar-refractivity contribution < 1.29 is 5.11 Å². The Morgan fingerprint density at radius 2 is 2.31 bits per heavy atom. The topological polar surface area (TPSA) is 49.5 Å². The third-order valence-corrected chi connectivity index (χ3v) is 3.37. The predicted molar refractivity (Wildman–Crippen MR) is 65.6 cm³/mol. The molecule has 4 heteroatoms. The Kier molecular flexibility index (Phi) is 3.69. The number of phenols is 1. The van der Waals surface area contributed by atoms with Crippen LogP contribution in [0.1, 0.15) is 18.4 Å². The van der Waals surface area contributed by atoms with Gasteiger partial charge < -0.3 is 10.8 Å². The highest BCUT2D eigenvalue weighted by atomic mass is 35.5. The summed E-state index contributed by atoms with van der Waals surface area (Å²) in [6.45, 7) is 2.59. The van der Waals surface area contributed by atoms with Crippen molar-refractivity contribution in [1.29, 1.82) is 0 Å². The van der Waals surface area contributed by atoms with Crippen LogP contribution in [0.5, 0.6) is 5.75 Å². The summed E-state index contributed by atoms with van der Waals surface area (Å²) in [5.74, 6) is 0.270. The monoisotopic (exact) mass is 240 g/mol. The van der Waals surface area contributed by atoms with Gasteiger partial charge in [0.15, 0.2) is 0 Å². The molecule has 0 aromatic heterocycles. The maximum absolute atomic E-state index is 9.75. The Bertz CT molecular complexity index is 350. The van der Waals surface area contributed by atoms with Crippen LogP contribution in [-0.4, -0.2) is 29.1 Å². The highest BCUT2D eigenvalue weighted by Crippen LogP contribution is 2.27. The number of halogens is 1. The van der Waals surface area contributed by atoms with Crippen LogP contribution in [0.3, 0.4) is 0 Å². The fourth-order valence-corrected chi connectivity index (χ4v) is 2.39. The van der Waals surface area contributed by atoms with Crippen molar-refractivity contribution in [3.63, 3.8) is 0 Å². The summed E-state index contributed by atoms with van der Waals surface area (Å²) in [5, 5.41) is 10.4. The van der Waals surface area contributed by atoms with Gasteiger partial charge in [-0.3, -0.25) is 4.90 Å². The van der Waals surface area contributed by atoms with Gasteiger partial charge in [-0.2, -0.15) is 0 Å². The third kappa shape index (κ3) is 2.67. The molecule has 1 aliphatic rings. The first kappa shape index (κ1) is 11.7. The number of nitrogens with zero attached hydrogens (tertiary/aromatic N) is 1. The highest BCUT2D eigenvalue weighted by molar-refractivity contribution is 6.31. The maximum Gasteiger partial charge on any atom is 0.121 e. The number of nitrogens with two attached hydrogens (primary N) is 1. The van der Waals surface area contributed by atoms with E-state index in [9.17, 15) is 5.11 Å². The van der Waals surface area contributed by atoms with Crippen molar-refractivity contribution in [3.8, 4) is 5.75 Å². The lowest BCUT2D eigenvalue weighted by Gasteiger charge is -2.31. The van der Waals surface area contributed by atoms with Gasteiger partial charge in [0.05, 0.1) is 0 Å². The molecule has 1 aromatic rings. The van der Waals surface area contributed by atoms with Gasteiger partial charge in [-0.25, -0.2) is 0 Å². The van der Waals surface area contributed by atoms with Crippen LogP contribution in [-0.2, 0) is 6.54 Å². The molecule has 16 heavy (non-hydrogen) atoms. The predicted octanol–water partition coefficient (Wildman–Crippen LogP) is 1.97. The lowest BCUT2D eigenvalue weighted by molar-refractivity contribution is 0.199. The fourth-order valence-electron chi connectivity index (χ4n) is 2.16. The van der Waals surface area contributed by atoms with Gasteiger partial charge in [-0.05, 0) is 31.5 Å². The summed E-state index contributed by atoms with van der Waals surface area (Å²) < 4.78 is 0. The number of aromatic hydroxyl groups is 1. The Morgan fingerprint density at radius 3 is 3.00 bits per heavy atom. The standard InChI is InChI=1S/C12H17ClN2O/c13-11-4-1-5-12(16)10(11)8-15-6-2-3-9(14)7-15/h1,4-5,9,16H,2-3,6-8,14H2. The van der Waals surface area contributed by atoms with E-state index in [0.29, 0.717) is 11.6 Å². The molecule has 0 spiro atoms. The Labute approximate surface area is 101 Å². The molecule has 0 radical (unpaired) electrons. The molecular weight excluding hydrogens is 224 g/mol. The van der Waals surface area contributed by atoms with Crippen LogP contribution in [0.15, 0.2) is 18.2 Å². The average molecular weight is 241 g/mol. The van der Waals surface area contributed by atoms with Crippen LogP contribution in [0.4, 0.5) is 0 Å². The molecule has 1 saturated heterocycles. The molecule has 3 N–H and O–H groups in total. The van der Waals surface area contributed by atoms with Crippen molar-refractivity contribution in [1.82, 2.24) is 4.90 Å². The summed E-state index contributed by atoms with van der Waals surface area (Å²) in [5.41, 5.74) is 6.72. The number of benzene rings is 1. The zero-order valence-corrected chi connectivity index (χ0v) is 9.95. The molecule has 2 rings (SSSR count). The Hall–Kier alpha value is -0.770. The Balaban J connectivity index is 2.08. The van der Waals surface area contributed by atoms with Crippen LogP contribution in [0, 0.1) is 0 Å². The minimum absolute atomic E-state index is 0.249. The quantitative estimate of drug-likeness (QED) is 0.831. The molecule has 1 aliphatic heterocycles. The first-order valence-corrected chi connectivity index (χ1v) is 5.99. The van der Waals surface area contributed by atoms with Crippen molar-refractivity contribution >= 4 is 11.6 Å². The minimum atomic E-state index is 0.249. The van der Waals surface area contributed by atoms with E-state index in [-0.39, 0.29) is 11.8 Å². The second-order valence-electron chi connectivity index (χ2n) is 4.37. The van der Waals surface area contributed by atoms with Crippen molar-refractivity contribution in [3.05, 3.63) is 28.8 Å². The zero-order valence-electron chi connectivity index (χ0n) is 9.19. The lowest BCUT2D eigenvalue weighted by Crippen LogP contribution is -2.42. The number of hydrogen-bond acceptors (Lipinski definition) is 3. The number of phenolic OH excluding ortho intramolecular Hbond substituents is 1. The van der Waals surface area contributed by atoms with Gasteiger partial charge in [0.25, 0.3) is 0 Å². The van der Waals surface area contributed by atoms with Crippen LogP contribution >= 0.6 is 11.6 Å². The molecule has 0 bridgehead atoms. The lowest BCUT2D eigenvalue weighted by atomic mass is 10.1. The average Bonchev–Trinajstić information content (AvgIpc) is 2.24. The van der Waals surface area contributed by atoms with E-state index in [1.165, 1.54) is 0 Å². The zero-order chi connectivity index (χ0) is 11.5. The molecule has 1 aromatic carbocycles. The molecular formula is C12H17ClN2O. The Morgan fingerprint density at radius 1 is 1.50 bits per heavy atom. The smallest absolute Gasteiger partial charge is 0.121 e. The molecule has 88 valence electrons. The first-order chi connectivity index (χ1) is 7.66. The molecule has 0 saturated carbocycles. The summed E-state index contributed by atoms with van der Waals surface area (Å²) in [6, 6.07) is 5.48. The largest absolute Gasteiger partial charge is 0.508 e. The SMILES string of the molecule is NC1CCCN(Cc2c(O)cccc2Cl)C1. The number of hydrogen-bond donors (Lipinski definition) is 2. The van der Waals surface area contributed by atoms with Crippen LogP contribution in [0.2, 0.25) is 5.02 Å². The van der Waals surface area contributed by atoms with E-state index in [2.05, 4.69) is 4.90 Å². The van der Waals surface area contributed by atoms with Crippen molar-refractivity contribution in [2.24, 2.45) is 5.73 Å². The summed E-state index contributed by atoms with van der Waals surface area (Å²) in [4.78, 5) is 2.25. The molecule has 0 amide bonds. The highest BCUT2D eigenvalue weighted by Gasteiger charge is 2.18.